The van der Waals surface area contributed by atoms with Gasteiger partial charge < -0.3 is 19.9 Å². The summed E-state index contributed by atoms with van der Waals surface area (Å²) in [5, 5.41) is 0. The molecule has 0 radical (unpaired) electrons. The maximum absolute atomic E-state index is 13.5. The van der Waals surface area contributed by atoms with Crippen LogP contribution in [0.4, 0.5) is 0 Å². The molecule has 6 nitrogen and oxygen atoms in total. The highest BCUT2D eigenvalue weighted by Crippen LogP contribution is 2.44. The fourth-order valence-electron chi connectivity index (χ4n) is 3.81. The van der Waals surface area contributed by atoms with E-state index in [0.29, 0.717) is 0 Å². The largest absolute Gasteiger partial charge is 0.493 e. The van der Waals surface area contributed by atoms with Crippen molar-refractivity contribution in [3.05, 3.63) is 23.2 Å². The van der Waals surface area contributed by atoms with Gasteiger partial charge in [-0.25, -0.2) is 0 Å². The number of nitrogens with two attached hydrogens (primary N) is 1. The van der Waals surface area contributed by atoms with Crippen molar-refractivity contribution in [2.45, 2.75) is 64.9 Å². The molecule has 1 aromatic rings. The number of esters is 1. The van der Waals surface area contributed by atoms with Crippen LogP contribution in [0.3, 0.4) is 0 Å². The van der Waals surface area contributed by atoms with E-state index in [9.17, 15) is 4.79 Å². The summed E-state index contributed by atoms with van der Waals surface area (Å²) in [5.74, 6) is -9.23. The molecule has 168 valence electrons. The van der Waals surface area contributed by atoms with Gasteiger partial charge in [0.05, 0.1) is 26.4 Å². The molecule has 3 unspecified atom stereocenters. The Hall–Kier alpha value is -1.79. The van der Waals surface area contributed by atoms with Gasteiger partial charge in [-0.15, -0.1) is 0 Å². The first kappa shape index (κ1) is 8.28. The van der Waals surface area contributed by atoms with Gasteiger partial charge in [0, 0.05) is 46.5 Å². The number of methoxy groups -OCH3 is 2. The van der Waals surface area contributed by atoms with Crippen molar-refractivity contribution in [2.24, 2.45) is 23.5 Å². The normalized spacial score (nSPS) is 41.1. The van der Waals surface area contributed by atoms with Crippen LogP contribution in [-0.4, -0.2) is 50.1 Å². The van der Waals surface area contributed by atoms with Crippen LogP contribution in [-0.2, 0) is 15.9 Å². The first-order chi connectivity index (χ1) is 22.0. The predicted molar refractivity (Wildman–Crippen MR) is 118 cm³/mol. The minimum atomic E-state index is -3.90. The molecule has 6 heteroatoms. The summed E-state index contributed by atoms with van der Waals surface area (Å²) in [7, 11) is -6.73. The van der Waals surface area contributed by atoms with E-state index in [4.69, 9.17) is 47.4 Å². The Bertz CT molecular complexity index is 1450. The number of benzene rings is 1. The highest BCUT2D eigenvalue weighted by molar-refractivity contribution is 5.76. The number of hydrogen-bond donors (Lipinski definition) is 1. The van der Waals surface area contributed by atoms with Gasteiger partial charge in [-0.2, -0.15) is 0 Å². The molecule has 4 atom stereocenters. The zero-order valence-electron chi connectivity index (χ0n) is 36.6. The molecule has 1 aromatic carbocycles. The first-order valence-corrected chi connectivity index (χ1v) is 9.37. The summed E-state index contributed by atoms with van der Waals surface area (Å²) in [6.45, 7) is -7.64. The molecule has 0 spiro atoms. The first-order valence-electron chi connectivity index (χ1n) is 19.4. The monoisotopic (exact) mass is 438 g/mol. The van der Waals surface area contributed by atoms with Crippen LogP contribution in [0.1, 0.15) is 85.0 Å². The number of carbonyl (C=O) groups is 1. The summed E-state index contributed by atoms with van der Waals surface area (Å²) < 4.78 is 176. The Morgan fingerprint density at radius 2 is 2.10 bits per heavy atom. The molecule has 2 aliphatic rings. The van der Waals surface area contributed by atoms with Gasteiger partial charge in [0.2, 0.25) is 0 Å². The van der Waals surface area contributed by atoms with E-state index >= 15 is 0 Å². The van der Waals surface area contributed by atoms with E-state index < -0.39 is 124 Å². The summed E-state index contributed by atoms with van der Waals surface area (Å²) in [5.41, 5.74) is 4.30. The van der Waals surface area contributed by atoms with Crippen LogP contribution >= 0.6 is 0 Å². The van der Waals surface area contributed by atoms with E-state index in [1.807, 2.05) is 0 Å². The second-order valence-corrected chi connectivity index (χ2v) is 7.66. The lowest BCUT2D eigenvalue weighted by molar-refractivity contribution is -0.160. The van der Waals surface area contributed by atoms with Gasteiger partial charge >= 0.3 is 5.97 Å². The number of hydrogen-bond acceptors (Lipinski definition) is 6. The van der Waals surface area contributed by atoms with E-state index in [2.05, 4.69) is 0 Å². The van der Waals surface area contributed by atoms with Crippen molar-refractivity contribution in [3.63, 3.8) is 0 Å². The molecular weight excluding hydrogens is 380 g/mol. The fraction of sp³-hybridized carbons (Fsp3) is 0.708. The molecule has 2 aliphatic heterocycles. The summed E-state index contributed by atoms with van der Waals surface area (Å²) in [6.07, 6.45) is -5.14. The molecule has 3 rings (SSSR count). The van der Waals surface area contributed by atoms with Crippen LogP contribution in [0, 0.1) is 17.7 Å². The summed E-state index contributed by atoms with van der Waals surface area (Å²) in [6, 6.07) is -7.42. The van der Waals surface area contributed by atoms with Crippen LogP contribution in [0.5, 0.6) is 11.5 Å². The summed E-state index contributed by atoms with van der Waals surface area (Å²) in [4.78, 5) is 14.5. The maximum Gasteiger partial charge on any atom is 0.323 e. The standard InChI is InChI=1S/C24H38N2O4/c1-14(2)9-17-13-26-8-7-16-10-21(28-5)22(29-6)11-18(16)19(26)12-20(17)30-24(27)23(25)15(3)4/h10-11,14-15,17,19-20,23H,7-9,12-13,25H2,1-6H3/t17?,19?,20?,23-/m0/s1/i3D3,4D3,5D3,6D3,7D2,8D2,10D,11D,15D,23D. The molecular formula is C24H38N2O4. The predicted octanol–water partition coefficient (Wildman–Crippen LogP) is 3.56. The molecule has 0 amide bonds. The second kappa shape index (κ2) is 9.56. The topological polar surface area (TPSA) is 74.0 Å². The lowest BCUT2D eigenvalue weighted by Crippen LogP contribution is -2.51. The second-order valence-electron chi connectivity index (χ2n) is 7.66. The van der Waals surface area contributed by atoms with Gasteiger partial charge in [-0.3, -0.25) is 9.69 Å². The highest BCUT2D eigenvalue weighted by atomic mass is 16.5. The van der Waals surface area contributed by atoms with Gasteiger partial charge in [0.25, 0.3) is 0 Å². The van der Waals surface area contributed by atoms with Crippen molar-refractivity contribution in [1.29, 1.82) is 0 Å². The summed E-state index contributed by atoms with van der Waals surface area (Å²) >= 11 is 0. The number of piperidine rings is 1. The third-order valence-corrected chi connectivity index (χ3v) is 5.13. The lowest BCUT2D eigenvalue weighted by Gasteiger charge is -2.47. The Morgan fingerprint density at radius 1 is 1.37 bits per heavy atom. The smallest absolute Gasteiger partial charge is 0.323 e. The number of fused-ring (bicyclic) bond motifs is 3. The molecule has 2 heterocycles. The molecule has 1 saturated heterocycles. The van der Waals surface area contributed by atoms with Crippen molar-refractivity contribution < 1.29 is 46.4 Å². The minimum absolute atomic E-state index is 0.128. The molecule has 1 fully saturated rings. The molecule has 0 aromatic heterocycles. The molecule has 0 aliphatic carbocycles. The van der Waals surface area contributed by atoms with Crippen molar-refractivity contribution >= 4 is 5.97 Å². The Labute approximate surface area is 209 Å². The Balaban J connectivity index is 2.32. The maximum atomic E-state index is 13.5. The van der Waals surface area contributed by atoms with Crippen LogP contribution in [0.15, 0.2) is 12.1 Å². The van der Waals surface area contributed by atoms with Crippen molar-refractivity contribution in [2.75, 3.05) is 27.1 Å². The zero-order chi connectivity index (χ0) is 39.2. The fourth-order valence-corrected chi connectivity index (χ4v) is 3.81. The Morgan fingerprint density at radius 3 is 2.77 bits per heavy atom. The van der Waals surface area contributed by atoms with Crippen molar-refractivity contribution in [3.8, 4) is 11.5 Å². The van der Waals surface area contributed by atoms with Gasteiger partial charge in [0.15, 0.2) is 11.5 Å². The van der Waals surface area contributed by atoms with Crippen molar-refractivity contribution in [1.82, 2.24) is 4.90 Å². The van der Waals surface area contributed by atoms with E-state index in [1.54, 1.807) is 13.8 Å². The SMILES string of the molecule is [2H]c1c(OC([2H])([2H])[2H])c(OC([2H])([2H])[2H])c([2H])c2c1C1CC(OC(=O)[C@@]([2H])(N)C([2H])(C([2H])([2H])[2H])C([2H])([2H])[2H])C(CC(C)C)CN1C([2H])([2H])C2([2H])[2H]. The highest BCUT2D eigenvalue weighted by Gasteiger charge is 2.41. The third-order valence-electron chi connectivity index (χ3n) is 5.13. The van der Waals surface area contributed by atoms with Gasteiger partial charge in [-0.1, -0.05) is 27.6 Å². The number of ether oxygens (including phenoxy) is 3. The van der Waals surface area contributed by atoms with Crippen LogP contribution < -0.4 is 15.2 Å². The molecule has 30 heavy (non-hydrogen) atoms. The van der Waals surface area contributed by atoms with Crippen LogP contribution in [0.25, 0.3) is 0 Å². The van der Waals surface area contributed by atoms with Gasteiger partial charge in [-0.05, 0) is 47.8 Å². The quantitative estimate of drug-likeness (QED) is 0.656. The molecule has 2 N–H and O–H groups in total. The number of carbonyl (C=O) groups excluding carboxylic acids is 1. The zero-order valence-corrected chi connectivity index (χ0v) is 16.6. The average molecular weight is 439 g/mol. The number of rotatable bonds is 7. The van der Waals surface area contributed by atoms with E-state index in [-0.39, 0.29) is 12.3 Å². The molecule has 0 saturated carbocycles. The third kappa shape index (κ3) is 4.75. The van der Waals surface area contributed by atoms with E-state index in [1.165, 1.54) is 0 Å². The average Bonchev–Trinajstić information content (AvgIpc) is 2.88. The Kier molecular flexibility index (Phi) is 2.64. The minimum Gasteiger partial charge on any atom is -0.493 e. The van der Waals surface area contributed by atoms with Gasteiger partial charge in [0.1, 0.15) is 12.1 Å². The van der Waals surface area contributed by atoms with E-state index in [0.717, 1.165) is 4.90 Å². The number of nitrogens with zero attached hydrogens (tertiary/aromatic N) is 1. The van der Waals surface area contributed by atoms with Crippen LogP contribution in [0.2, 0.25) is 0 Å². The lowest BCUT2D eigenvalue weighted by atomic mass is 9.79. The molecule has 0 bridgehead atoms.